The summed E-state index contributed by atoms with van der Waals surface area (Å²) in [7, 11) is -2.69. The van der Waals surface area contributed by atoms with Crippen LogP contribution in [0.4, 0.5) is 0 Å². The van der Waals surface area contributed by atoms with Gasteiger partial charge in [0.25, 0.3) is 0 Å². The normalized spacial score (nSPS) is 12.0. The van der Waals surface area contributed by atoms with Crippen molar-refractivity contribution in [3.63, 3.8) is 0 Å². The molecule has 328 valence electrons. The van der Waals surface area contributed by atoms with Crippen LogP contribution in [0.2, 0.25) is 0 Å². The number of hydrogen-bond donors (Lipinski definition) is 0. The zero-order valence-corrected chi connectivity index (χ0v) is 40.9. The van der Waals surface area contributed by atoms with Gasteiger partial charge in [-0.1, -0.05) is 36.4 Å². The summed E-state index contributed by atoms with van der Waals surface area (Å²) in [4.78, 5) is 0. The standard InChI is InChI=1S/C66H44N2SeSi/c1-5-20-48(21-6-1)67-61-33-15-13-29-55(61)58-42-45(35-38-63(58)67)46-36-39-64-59(43-46)56-30-14-16-34-62(56)68(64)49-37-40-65-60(44-49)57-32-18-31-54(66(57)69-65)47-19-17-28-53(41-47)70(50-22-7-2-8-23-50,51-24-9-3-10-25-51)52-26-11-4-12-27-52/h1-44H. The summed E-state index contributed by atoms with van der Waals surface area (Å²) in [5.41, 5.74) is 12.3. The minimum Gasteiger partial charge on any atom is -0.0602 e. The van der Waals surface area contributed by atoms with Crippen LogP contribution in [0, 0.1) is 0 Å². The van der Waals surface area contributed by atoms with Gasteiger partial charge < -0.3 is 4.57 Å². The summed E-state index contributed by atoms with van der Waals surface area (Å²) < 4.78 is 7.76. The molecule has 0 saturated carbocycles. The molecule has 4 heteroatoms. The van der Waals surface area contributed by atoms with E-state index in [1.165, 1.54) is 117 Å². The van der Waals surface area contributed by atoms with E-state index >= 15 is 0 Å². The van der Waals surface area contributed by atoms with Gasteiger partial charge in [0.05, 0.1) is 11.0 Å². The van der Waals surface area contributed by atoms with Crippen LogP contribution in [0.25, 0.3) is 96.5 Å². The molecule has 0 atom stereocenters. The van der Waals surface area contributed by atoms with Gasteiger partial charge in [-0.05, 0) is 18.2 Å². The van der Waals surface area contributed by atoms with Crippen LogP contribution in [0.1, 0.15) is 0 Å². The van der Waals surface area contributed by atoms with Crippen molar-refractivity contribution >= 4 is 106 Å². The topological polar surface area (TPSA) is 9.86 Å². The van der Waals surface area contributed by atoms with Crippen LogP contribution in [0.15, 0.2) is 267 Å². The molecule has 0 radical (unpaired) electrons. The molecule has 11 aromatic carbocycles. The Morgan fingerprint density at radius 2 is 0.743 bits per heavy atom. The molecular formula is C66H44N2SeSi. The number of aromatic nitrogens is 2. The van der Waals surface area contributed by atoms with Gasteiger partial charge in [-0.15, -0.1) is 0 Å². The van der Waals surface area contributed by atoms with Crippen LogP contribution in [0.3, 0.4) is 0 Å². The molecule has 0 saturated heterocycles. The van der Waals surface area contributed by atoms with Gasteiger partial charge in [0, 0.05) is 11.1 Å². The van der Waals surface area contributed by atoms with Gasteiger partial charge in [0.1, 0.15) is 0 Å². The van der Waals surface area contributed by atoms with Crippen LogP contribution in [0.5, 0.6) is 0 Å². The molecular weight excluding hydrogens is 928 g/mol. The molecule has 0 unspecified atom stereocenters. The molecule has 14 aromatic rings. The molecule has 3 aromatic heterocycles. The molecule has 3 heterocycles. The minimum absolute atomic E-state index is 0.146. The molecule has 0 fully saturated rings. The summed E-state index contributed by atoms with van der Waals surface area (Å²) in [6, 6.07) is 99.8. The summed E-state index contributed by atoms with van der Waals surface area (Å²) in [5, 5.41) is 13.3. The Labute approximate surface area is 413 Å². The van der Waals surface area contributed by atoms with Crippen molar-refractivity contribution in [2.75, 3.05) is 0 Å². The molecule has 0 aliphatic rings. The molecule has 0 aliphatic carbocycles. The number of para-hydroxylation sites is 3. The monoisotopic (exact) mass is 972 g/mol. The van der Waals surface area contributed by atoms with Gasteiger partial charge in [-0.2, -0.15) is 0 Å². The van der Waals surface area contributed by atoms with E-state index in [2.05, 4.69) is 276 Å². The number of hydrogen-bond acceptors (Lipinski definition) is 0. The SMILES string of the molecule is c1ccc(-n2c3ccccc3c3cc(-c4ccc5c(c4)c4ccccc4n5-c4ccc5[se]c6c(-c7cccc([Si](c8ccccc8)(c8ccccc8)c8ccccc8)c7)cccc6c5c4)ccc32)cc1. The molecule has 0 N–H and O–H groups in total. The molecule has 0 spiro atoms. The van der Waals surface area contributed by atoms with Crippen molar-refractivity contribution < 1.29 is 0 Å². The summed E-state index contributed by atoms with van der Waals surface area (Å²) in [6.07, 6.45) is 0. The van der Waals surface area contributed by atoms with Gasteiger partial charge in [0.15, 0.2) is 0 Å². The molecule has 0 aliphatic heterocycles. The fourth-order valence-corrected chi connectivity index (χ4v) is 18.9. The predicted octanol–water partition coefficient (Wildman–Crippen LogP) is 14.0. The first-order valence-corrected chi connectivity index (χ1v) is 27.8. The van der Waals surface area contributed by atoms with Crippen LogP contribution in [-0.4, -0.2) is 31.7 Å². The van der Waals surface area contributed by atoms with E-state index in [0.717, 1.165) is 0 Å². The van der Waals surface area contributed by atoms with Crippen molar-refractivity contribution in [1.82, 2.24) is 9.13 Å². The summed E-state index contributed by atoms with van der Waals surface area (Å²) in [6.45, 7) is 0. The molecule has 0 bridgehead atoms. The second-order valence-electron chi connectivity index (χ2n) is 18.4. The number of rotatable bonds is 8. The quantitative estimate of drug-likeness (QED) is 0.106. The summed E-state index contributed by atoms with van der Waals surface area (Å²) >= 11 is 0.146. The molecule has 70 heavy (non-hydrogen) atoms. The number of nitrogens with zero attached hydrogens (tertiary/aromatic N) is 2. The van der Waals surface area contributed by atoms with Gasteiger partial charge in [-0.25, -0.2) is 0 Å². The predicted molar refractivity (Wildman–Crippen MR) is 302 cm³/mol. The zero-order chi connectivity index (χ0) is 46.2. The number of fused-ring (bicyclic) bond motifs is 9. The first-order chi connectivity index (χ1) is 34.7. The Morgan fingerprint density at radius 3 is 1.33 bits per heavy atom. The maximum atomic E-state index is 2.52. The van der Waals surface area contributed by atoms with Gasteiger partial charge in [-0.3, -0.25) is 0 Å². The Bertz CT molecular complexity index is 4190. The Hall–Kier alpha value is -8.24. The van der Waals surface area contributed by atoms with Crippen molar-refractivity contribution in [3.05, 3.63) is 267 Å². The second-order valence-corrected chi connectivity index (χ2v) is 24.4. The Kier molecular flexibility index (Phi) is 9.60. The maximum absolute atomic E-state index is 2.69. The Balaban J connectivity index is 0.892. The van der Waals surface area contributed by atoms with E-state index in [1.807, 2.05) is 0 Å². The van der Waals surface area contributed by atoms with E-state index in [-0.39, 0.29) is 14.5 Å². The Morgan fingerprint density at radius 1 is 0.271 bits per heavy atom. The molecule has 2 nitrogen and oxygen atoms in total. The first kappa shape index (κ1) is 40.8. The van der Waals surface area contributed by atoms with Gasteiger partial charge >= 0.3 is 335 Å². The average molecular weight is 972 g/mol. The van der Waals surface area contributed by atoms with E-state index < -0.39 is 8.07 Å². The van der Waals surface area contributed by atoms with E-state index in [1.54, 1.807) is 0 Å². The average Bonchev–Trinajstić information content (AvgIpc) is 4.09. The fraction of sp³-hybridized carbons (Fsp3) is 0. The minimum atomic E-state index is -2.69. The fourth-order valence-electron chi connectivity index (χ4n) is 11.6. The van der Waals surface area contributed by atoms with Crippen molar-refractivity contribution in [2.45, 2.75) is 0 Å². The third-order valence-electron chi connectivity index (χ3n) is 14.7. The zero-order valence-electron chi connectivity index (χ0n) is 38.2. The van der Waals surface area contributed by atoms with Gasteiger partial charge in [0.2, 0.25) is 0 Å². The second kappa shape index (κ2) is 16.5. The molecule has 0 amide bonds. The smallest absolute Gasteiger partial charge is 0.0602 e. The third-order valence-corrected chi connectivity index (χ3v) is 22.0. The van der Waals surface area contributed by atoms with E-state index in [9.17, 15) is 0 Å². The molecule has 14 rings (SSSR count). The van der Waals surface area contributed by atoms with Crippen LogP contribution < -0.4 is 20.7 Å². The van der Waals surface area contributed by atoms with E-state index in [4.69, 9.17) is 0 Å². The third kappa shape index (κ3) is 6.31. The number of benzene rings is 11. The van der Waals surface area contributed by atoms with Crippen LogP contribution in [-0.2, 0) is 0 Å². The first-order valence-electron chi connectivity index (χ1n) is 24.1. The van der Waals surface area contributed by atoms with Crippen LogP contribution >= 0.6 is 0 Å². The summed E-state index contributed by atoms with van der Waals surface area (Å²) in [5.74, 6) is 0. The van der Waals surface area contributed by atoms with Crippen molar-refractivity contribution in [3.8, 4) is 33.6 Å². The van der Waals surface area contributed by atoms with Crippen molar-refractivity contribution in [1.29, 1.82) is 0 Å². The van der Waals surface area contributed by atoms with E-state index in [0.29, 0.717) is 0 Å². The van der Waals surface area contributed by atoms with Crippen molar-refractivity contribution in [2.24, 2.45) is 0 Å².